The van der Waals surface area contributed by atoms with Gasteiger partial charge in [0.1, 0.15) is 5.82 Å². The second-order valence-electron chi connectivity index (χ2n) is 5.39. The van der Waals surface area contributed by atoms with E-state index in [1.54, 1.807) is 0 Å². The van der Waals surface area contributed by atoms with Gasteiger partial charge in [0.15, 0.2) is 0 Å². The van der Waals surface area contributed by atoms with Crippen molar-refractivity contribution < 1.29 is 9.18 Å². The van der Waals surface area contributed by atoms with E-state index in [9.17, 15) is 9.18 Å². The molecule has 4 heteroatoms. The highest BCUT2D eigenvalue weighted by atomic mass is 19.1. The lowest BCUT2D eigenvalue weighted by atomic mass is 10.0. The zero-order chi connectivity index (χ0) is 12.7. The van der Waals surface area contributed by atoms with Crippen LogP contribution >= 0.6 is 0 Å². The zero-order valence-electron chi connectivity index (χ0n) is 10.2. The Kier molecular flexibility index (Phi) is 2.73. The van der Waals surface area contributed by atoms with E-state index < -0.39 is 5.82 Å². The molecule has 0 aromatic heterocycles. The van der Waals surface area contributed by atoms with Crippen LogP contribution in [-0.2, 0) is 0 Å². The van der Waals surface area contributed by atoms with Crippen LogP contribution in [0.15, 0.2) is 18.2 Å². The van der Waals surface area contributed by atoms with Crippen LogP contribution in [0.1, 0.15) is 29.6 Å². The molecule has 18 heavy (non-hydrogen) atoms. The molecule has 2 atom stereocenters. The molecule has 1 aromatic rings. The lowest BCUT2D eigenvalue weighted by molar-refractivity contribution is 0.0781. The summed E-state index contributed by atoms with van der Waals surface area (Å²) in [4.78, 5) is 14.2. The van der Waals surface area contributed by atoms with E-state index in [1.807, 2.05) is 4.90 Å². The third-order valence-corrected chi connectivity index (χ3v) is 4.26. The van der Waals surface area contributed by atoms with Crippen molar-refractivity contribution in [1.82, 2.24) is 4.90 Å². The number of halogens is 1. The van der Waals surface area contributed by atoms with Gasteiger partial charge < -0.3 is 10.6 Å². The molecular formula is C14H17FN2O. The van der Waals surface area contributed by atoms with E-state index in [-0.39, 0.29) is 5.91 Å². The number of rotatable bonds is 1. The molecule has 2 aliphatic rings. The predicted molar refractivity (Wildman–Crippen MR) is 67.5 cm³/mol. The van der Waals surface area contributed by atoms with Crippen LogP contribution in [0.3, 0.4) is 0 Å². The van der Waals surface area contributed by atoms with Crippen LogP contribution in [-0.4, -0.2) is 23.9 Å². The summed E-state index contributed by atoms with van der Waals surface area (Å²) in [6, 6.07) is 3.98. The van der Waals surface area contributed by atoms with Gasteiger partial charge in [0.25, 0.3) is 5.91 Å². The van der Waals surface area contributed by atoms with Crippen molar-refractivity contribution in [2.45, 2.75) is 19.3 Å². The molecule has 2 unspecified atom stereocenters. The van der Waals surface area contributed by atoms with Gasteiger partial charge in [0.05, 0.1) is 5.56 Å². The minimum Gasteiger partial charge on any atom is -0.398 e. The average Bonchev–Trinajstić information content (AvgIpc) is 2.91. The summed E-state index contributed by atoms with van der Waals surface area (Å²) in [7, 11) is 0. The maximum absolute atomic E-state index is 13.2. The van der Waals surface area contributed by atoms with Crippen molar-refractivity contribution in [3.63, 3.8) is 0 Å². The molecule has 0 radical (unpaired) electrons. The molecule has 1 aromatic carbocycles. The molecular weight excluding hydrogens is 231 g/mol. The number of carbonyl (C=O) groups is 1. The minimum absolute atomic E-state index is 0.124. The number of amides is 1. The molecule has 1 saturated heterocycles. The zero-order valence-corrected chi connectivity index (χ0v) is 10.2. The first-order valence-corrected chi connectivity index (χ1v) is 6.49. The Morgan fingerprint density at radius 2 is 1.94 bits per heavy atom. The number of hydrogen-bond acceptors (Lipinski definition) is 2. The number of nitrogens with two attached hydrogens (primary N) is 1. The molecule has 1 amide bonds. The predicted octanol–water partition coefficient (Wildman–Crippen LogP) is 2.28. The Hall–Kier alpha value is -1.58. The smallest absolute Gasteiger partial charge is 0.256 e. The average molecular weight is 248 g/mol. The molecule has 2 fully saturated rings. The number of carbonyl (C=O) groups excluding carboxylic acids is 1. The van der Waals surface area contributed by atoms with E-state index >= 15 is 0 Å². The molecule has 0 spiro atoms. The molecule has 1 aliphatic heterocycles. The fourth-order valence-corrected chi connectivity index (χ4v) is 3.28. The number of nitrogen functional groups attached to an aromatic ring is 1. The van der Waals surface area contributed by atoms with Gasteiger partial charge in [0, 0.05) is 18.8 Å². The van der Waals surface area contributed by atoms with Crippen LogP contribution in [0.2, 0.25) is 0 Å². The lowest BCUT2D eigenvalue weighted by Crippen LogP contribution is -2.30. The number of benzene rings is 1. The molecule has 1 aliphatic carbocycles. The number of anilines is 1. The second-order valence-corrected chi connectivity index (χ2v) is 5.39. The van der Waals surface area contributed by atoms with Gasteiger partial charge in [-0.1, -0.05) is 6.42 Å². The number of fused-ring (bicyclic) bond motifs is 1. The first-order chi connectivity index (χ1) is 8.65. The van der Waals surface area contributed by atoms with E-state index in [0.717, 1.165) is 13.1 Å². The molecule has 96 valence electrons. The summed E-state index contributed by atoms with van der Waals surface area (Å²) in [5, 5.41) is 0. The molecule has 0 bridgehead atoms. The molecule has 2 N–H and O–H groups in total. The lowest BCUT2D eigenvalue weighted by Gasteiger charge is -2.18. The van der Waals surface area contributed by atoms with Gasteiger partial charge in [-0.15, -0.1) is 0 Å². The molecule has 1 heterocycles. The third kappa shape index (κ3) is 1.85. The third-order valence-electron chi connectivity index (χ3n) is 4.26. The van der Waals surface area contributed by atoms with Gasteiger partial charge in [0.2, 0.25) is 0 Å². The summed E-state index contributed by atoms with van der Waals surface area (Å²) in [5.74, 6) is 0.751. The molecule has 3 nitrogen and oxygen atoms in total. The van der Waals surface area contributed by atoms with Crippen molar-refractivity contribution in [3.8, 4) is 0 Å². The summed E-state index contributed by atoms with van der Waals surface area (Å²) >= 11 is 0. The topological polar surface area (TPSA) is 46.3 Å². The molecule has 3 rings (SSSR count). The Balaban J connectivity index is 1.81. The highest BCUT2D eigenvalue weighted by Crippen LogP contribution is 2.38. The van der Waals surface area contributed by atoms with Crippen molar-refractivity contribution in [1.29, 1.82) is 0 Å². The van der Waals surface area contributed by atoms with Crippen molar-refractivity contribution >= 4 is 11.6 Å². The van der Waals surface area contributed by atoms with Gasteiger partial charge >= 0.3 is 0 Å². The van der Waals surface area contributed by atoms with Crippen LogP contribution in [0.25, 0.3) is 0 Å². The van der Waals surface area contributed by atoms with Gasteiger partial charge in [-0.25, -0.2) is 4.39 Å². The standard InChI is InChI=1S/C14H17FN2O/c15-11-4-5-13(16)12(6-11)14(18)17-7-9-2-1-3-10(9)8-17/h4-6,9-10H,1-3,7-8,16H2. The van der Waals surface area contributed by atoms with Crippen molar-refractivity contribution in [3.05, 3.63) is 29.6 Å². The fraction of sp³-hybridized carbons (Fsp3) is 0.500. The van der Waals surface area contributed by atoms with Crippen molar-refractivity contribution in [2.75, 3.05) is 18.8 Å². The monoisotopic (exact) mass is 248 g/mol. The van der Waals surface area contributed by atoms with E-state index in [2.05, 4.69) is 0 Å². The number of hydrogen-bond donors (Lipinski definition) is 1. The summed E-state index contributed by atoms with van der Waals surface area (Å²) in [6.45, 7) is 1.61. The first-order valence-electron chi connectivity index (χ1n) is 6.49. The van der Waals surface area contributed by atoms with Crippen LogP contribution in [0.4, 0.5) is 10.1 Å². The minimum atomic E-state index is -0.410. The maximum atomic E-state index is 13.2. The van der Waals surface area contributed by atoms with Crippen molar-refractivity contribution in [2.24, 2.45) is 11.8 Å². The Morgan fingerprint density at radius 1 is 1.28 bits per heavy atom. The first kappa shape index (κ1) is 11.5. The van der Waals surface area contributed by atoms with Gasteiger partial charge in [-0.05, 0) is 42.9 Å². The SMILES string of the molecule is Nc1ccc(F)cc1C(=O)N1CC2CCCC2C1. The maximum Gasteiger partial charge on any atom is 0.256 e. The Labute approximate surface area is 106 Å². The number of nitrogens with zero attached hydrogens (tertiary/aromatic N) is 1. The Bertz CT molecular complexity index is 477. The highest BCUT2D eigenvalue weighted by molar-refractivity contribution is 5.99. The normalized spacial score (nSPS) is 26.4. The van der Waals surface area contributed by atoms with E-state index in [0.29, 0.717) is 23.1 Å². The van der Waals surface area contributed by atoms with E-state index in [4.69, 9.17) is 5.73 Å². The Morgan fingerprint density at radius 3 is 2.61 bits per heavy atom. The summed E-state index contributed by atoms with van der Waals surface area (Å²) in [5.41, 5.74) is 6.42. The van der Waals surface area contributed by atoms with Crippen LogP contribution < -0.4 is 5.73 Å². The van der Waals surface area contributed by atoms with Gasteiger partial charge in [-0.2, -0.15) is 0 Å². The van der Waals surface area contributed by atoms with Gasteiger partial charge in [-0.3, -0.25) is 4.79 Å². The number of likely N-dealkylation sites (tertiary alicyclic amines) is 1. The summed E-state index contributed by atoms with van der Waals surface area (Å²) in [6.07, 6.45) is 3.71. The quantitative estimate of drug-likeness (QED) is 0.775. The highest BCUT2D eigenvalue weighted by Gasteiger charge is 2.38. The second kappa shape index (κ2) is 4.26. The fourth-order valence-electron chi connectivity index (χ4n) is 3.28. The largest absolute Gasteiger partial charge is 0.398 e. The molecule has 1 saturated carbocycles. The van der Waals surface area contributed by atoms with Crippen LogP contribution in [0, 0.1) is 17.7 Å². The van der Waals surface area contributed by atoms with E-state index in [1.165, 1.54) is 37.5 Å². The van der Waals surface area contributed by atoms with Crippen LogP contribution in [0.5, 0.6) is 0 Å². The summed E-state index contributed by atoms with van der Waals surface area (Å²) < 4.78 is 13.2.